The molecule has 0 N–H and O–H groups in total. The van der Waals surface area contributed by atoms with Gasteiger partial charge in [-0.3, -0.25) is 0 Å². The summed E-state index contributed by atoms with van der Waals surface area (Å²) < 4.78 is 0. The van der Waals surface area contributed by atoms with Gasteiger partial charge in [0.05, 0.1) is 6.21 Å². The summed E-state index contributed by atoms with van der Waals surface area (Å²) in [5, 5.41) is 3.71. The molecule has 0 aliphatic carbocycles. The van der Waals surface area contributed by atoms with Gasteiger partial charge >= 0.3 is 0 Å². The van der Waals surface area contributed by atoms with Crippen LogP contribution in [0.2, 0.25) is 0 Å². The van der Waals surface area contributed by atoms with Crippen molar-refractivity contribution in [3.63, 3.8) is 0 Å². The van der Waals surface area contributed by atoms with Crippen LogP contribution in [0.25, 0.3) is 0 Å². The standard InChI is InChI=1S/C8H14N2O/c1-10-5-3-8(4-6-10)7-9-11-2/h3,7H,4-6H2,1-2H3. The first-order chi connectivity index (χ1) is 5.33. The highest BCUT2D eigenvalue weighted by atomic mass is 16.6. The van der Waals surface area contributed by atoms with Crippen molar-refractivity contribution in [3.8, 4) is 0 Å². The minimum atomic E-state index is 1.02. The van der Waals surface area contributed by atoms with Gasteiger partial charge in [-0.2, -0.15) is 0 Å². The van der Waals surface area contributed by atoms with Crippen LogP contribution in [0, 0.1) is 0 Å². The average Bonchev–Trinajstić information content (AvgIpc) is 2.04. The minimum Gasteiger partial charge on any atom is -0.399 e. The second-order valence-electron chi connectivity index (χ2n) is 2.71. The zero-order valence-electron chi connectivity index (χ0n) is 7.08. The van der Waals surface area contributed by atoms with Crippen molar-refractivity contribution < 1.29 is 4.84 Å². The Hall–Kier alpha value is -0.830. The molecule has 0 saturated carbocycles. The highest BCUT2D eigenvalue weighted by Crippen LogP contribution is 2.06. The normalized spacial score (nSPS) is 20.4. The van der Waals surface area contributed by atoms with E-state index in [4.69, 9.17) is 0 Å². The van der Waals surface area contributed by atoms with Gasteiger partial charge in [-0.1, -0.05) is 11.2 Å². The molecule has 0 aromatic rings. The molecule has 0 saturated heterocycles. The van der Waals surface area contributed by atoms with E-state index in [1.54, 1.807) is 13.3 Å². The molecule has 0 unspecified atom stereocenters. The SMILES string of the molecule is CON=CC1=CCN(C)CC1. The Balaban J connectivity index is 2.41. The average molecular weight is 154 g/mol. The molecule has 0 amide bonds. The smallest absolute Gasteiger partial charge is 0.106 e. The number of hydrogen-bond donors (Lipinski definition) is 0. The lowest BCUT2D eigenvalue weighted by Gasteiger charge is -2.19. The molecule has 0 fully saturated rings. The van der Waals surface area contributed by atoms with E-state index < -0.39 is 0 Å². The molecule has 0 bridgehead atoms. The molecule has 0 aromatic heterocycles. The van der Waals surface area contributed by atoms with Crippen LogP contribution >= 0.6 is 0 Å². The van der Waals surface area contributed by atoms with Crippen molar-refractivity contribution in [2.45, 2.75) is 6.42 Å². The Morgan fingerprint density at radius 1 is 1.73 bits per heavy atom. The molecule has 1 heterocycles. The third-order valence-electron chi connectivity index (χ3n) is 1.77. The van der Waals surface area contributed by atoms with E-state index in [2.05, 4.69) is 28.0 Å². The molecular formula is C8H14N2O. The third kappa shape index (κ3) is 2.72. The molecule has 0 spiro atoms. The zero-order valence-corrected chi connectivity index (χ0v) is 7.08. The number of likely N-dealkylation sites (N-methyl/N-ethyl adjacent to an activating group) is 1. The van der Waals surface area contributed by atoms with Crippen LogP contribution < -0.4 is 0 Å². The number of oxime groups is 1. The Morgan fingerprint density at radius 2 is 2.55 bits per heavy atom. The minimum absolute atomic E-state index is 1.02. The lowest BCUT2D eigenvalue weighted by atomic mass is 10.1. The molecule has 0 aromatic carbocycles. The Morgan fingerprint density at radius 3 is 3.09 bits per heavy atom. The van der Waals surface area contributed by atoms with Crippen LogP contribution in [0.5, 0.6) is 0 Å². The molecular weight excluding hydrogens is 140 g/mol. The first-order valence-corrected chi connectivity index (χ1v) is 3.77. The summed E-state index contributed by atoms with van der Waals surface area (Å²) in [7, 11) is 3.67. The van der Waals surface area contributed by atoms with Crippen molar-refractivity contribution in [2.75, 3.05) is 27.2 Å². The topological polar surface area (TPSA) is 24.8 Å². The highest BCUT2D eigenvalue weighted by Gasteiger charge is 2.04. The maximum atomic E-state index is 4.59. The number of nitrogens with zero attached hydrogens (tertiary/aromatic N) is 2. The van der Waals surface area contributed by atoms with E-state index in [0.717, 1.165) is 19.5 Å². The van der Waals surface area contributed by atoms with E-state index in [1.165, 1.54) is 5.57 Å². The monoisotopic (exact) mass is 154 g/mol. The van der Waals surface area contributed by atoms with Gasteiger partial charge in [0.2, 0.25) is 0 Å². The molecule has 62 valence electrons. The largest absolute Gasteiger partial charge is 0.399 e. The molecule has 1 aliphatic rings. The molecule has 0 atom stereocenters. The zero-order chi connectivity index (χ0) is 8.10. The van der Waals surface area contributed by atoms with E-state index in [0.29, 0.717) is 0 Å². The first kappa shape index (κ1) is 8.27. The van der Waals surface area contributed by atoms with Gasteiger partial charge in [-0.15, -0.1) is 0 Å². The summed E-state index contributed by atoms with van der Waals surface area (Å²) in [4.78, 5) is 6.85. The lowest BCUT2D eigenvalue weighted by molar-refractivity contribution is 0.215. The van der Waals surface area contributed by atoms with Gasteiger partial charge in [0, 0.05) is 13.1 Å². The van der Waals surface area contributed by atoms with E-state index >= 15 is 0 Å². The summed E-state index contributed by atoms with van der Waals surface area (Å²) >= 11 is 0. The van der Waals surface area contributed by atoms with Gasteiger partial charge in [0.1, 0.15) is 7.11 Å². The van der Waals surface area contributed by atoms with Crippen LogP contribution in [0.3, 0.4) is 0 Å². The fourth-order valence-corrected chi connectivity index (χ4v) is 1.02. The lowest BCUT2D eigenvalue weighted by Crippen LogP contribution is -2.24. The van der Waals surface area contributed by atoms with Gasteiger partial charge in [-0.05, 0) is 19.0 Å². The van der Waals surface area contributed by atoms with Crippen LogP contribution in [0.4, 0.5) is 0 Å². The molecule has 1 rings (SSSR count). The van der Waals surface area contributed by atoms with E-state index in [1.807, 2.05) is 0 Å². The van der Waals surface area contributed by atoms with Crippen LogP contribution in [-0.2, 0) is 4.84 Å². The molecule has 0 radical (unpaired) electrons. The summed E-state index contributed by atoms with van der Waals surface area (Å²) in [6.07, 6.45) is 5.03. The van der Waals surface area contributed by atoms with Crippen LogP contribution in [0.1, 0.15) is 6.42 Å². The quantitative estimate of drug-likeness (QED) is 0.435. The summed E-state index contributed by atoms with van der Waals surface area (Å²) in [5.41, 5.74) is 1.27. The maximum absolute atomic E-state index is 4.59. The maximum Gasteiger partial charge on any atom is 0.106 e. The summed E-state index contributed by atoms with van der Waals surface area (Å²) in [6, 6.07) is 0. The first-order valence-electron chi connectivity index (χ1n) is 3.77. The van der Waals surface area contributed by atoms with Crippen molar-refractivity contribution in [1.29, 1.82) is 0 Å². The molecule has 3 heteroatoms. The Kier molecular flexibility index (Phi) is 3.11. The van der Waals surface area contributed by atoms with E-state index in [-0.39, 0.29) is 0 Å². The van der Waals surface area contributed by atoms with Crippen molar-refractivity contribution >= 4 is 6.21 Å². The van der Waals surface area contributed by atoms with Crippen molar-refractivity contribution in [3.05, 3.63) is 11.6 Å². The second kappa shape index (κ2) is 4.13. The number of rotatable bonds is 2. The third-order valence-corrected chi connectivity index (χ3v) is 1.77. The van der Waals surface area contributed by atoms with Gasteiger partial charge < -0.3 is 9.74 Å². The van der Waals surface area contributed by atoms with Crippen LogP contribution in [0.15, 0.2) is 16.8 Å². The molecule has 1 aliphatic heterocycles. The Bertz CT molecular complexity index is 175. The Labute approximate surface area is 67.3 Å². The van der Waals surface area contributed by atoms with Crippen molar-refractivity contribution in [1.82, 2.24) is 4.90 Å². The van der Waals surface area contributed by atoms with E-state index in [9.17, 15) is 0 Å². The predicted molar refractivity (Wildman–Crippen MR) is 45.7 cm³/mol. The van der Waals surface area contributed by atoms with Crippen LogP contribution in [-0.4, -0.2) is 38.4 Å². The molecule has 11 heavy (non-hydrogen) atoms. The highest BCUT2D eigenvalue weighted by molar-refractivity contribution is 5.78. The summed E-state index contributed by atoms with van der Waals surface area (Å²) in [6.45, 7) is 2.13. The van der Waals surface area contributed by atoms with Gasteiger partial charge in [0.25, 0.3) is 0 Å². The number of hydrogen-bond acceptors (Lipinski definition) is 3. The predicted octanol–water partition coefficient (Wildman–Crippen LogP) is 0.881. The summed E-state index contributed by atoms with van der Waals surface area (Å²) in [5.74, 6) is 0. The van der Waals surface area contributed by atoms with Gasteiger partial charge in [0.15, 0.2) is 0 Å². The molecule has 3 nitrogen and oxygen atoms in total. The van der Waals surface area contributed by atoms with Gasteiger partial charge in [-0.25, -0.2) is 0 Å². The fraction of sp³-hybridized carbons (Fsp3) is 0.625. The fourth-order valence-electron chi connectivity index (χ4n) is 1.02. The second-order valence-corrected chi connectivity index (χ2v) is 2.71. The van der Waals surface area contributed by atoms with Crippen molar-refractivity contribution in [2.24, 2.45) is 5.16 Å².